The minimum absolute atomic E-state index is 0.260. The van der Waals surface area contributed by atoms with Crippen LogP contribution in [0.4, 0.5) is 0 Å². The molecule has 8 heteroatoms. The Kier molecular flexibility index (Phi) is 6.58. The van der Waals surface area contributed by atoms with Gasteiger partial charge in [-0.25, -0.2) is 13.2 Å². The minimum Gasteiger partial charge on any atom is -0.465 e. The van der Waals surface area contributed by atoms with E-state index >= 15 is 0 Å². The lowest BCUT2D eigenvalue weighted by Crippen LogP contribution is -2.41. The van der Waals surface area contributed by atoms with Gasteiger partial charge in [-0.1, -0.05) is 6.07 Å². The van der Waals surface area contributed by atoms with Gasteiger partial charge in [0, 0.05) is 13.1 Å². The lowest BCUT2D eigenvalue weighted by atomic mass is 9.98. The topological polar surface area (TPSA) is 90.0 Å². The Morgan fingerprint density at radius 2 is 1.60 bits per heavy atom. The number of esters is 2. The van der Waals surface area contributed by atoms with E-state index in [2.05, 4.69) is 4.74 Å². The van der Waals surface area contributed by atoms with E-state index in [1.165, 1.54) is 35.7 Å². The van der Waals surface area contributed by atoms with Gasteiger partial charge in [-0.05, 0) is 74.2 Å². The van der Waals surface area contributed by atoms with Crippen molar-refractivity contribution in [1.29, 1.82) is 0 Å². The lowest BCUT2D eigenvalue weighted by Gasteiger charge is -2.30. The first-order valence-corrected chi connectivity index (χ1v) is 11.1. The average molecular weight is 432 g/mol. The summed E-state index contributed by atoms with van der Waals surface area (Å²) in [5.41, 5.74) is 2.32. The van der Waals surface area contributed by atoms with Gasteiger partial charge in [-0.15, -0.1) is 0 Å². The zero-order chi connectivity index (χ0) is 21.9. The Morgan fingerprint density at radius 1 is 0.967 bits per heavy atom. The molecule has 1 heterocycles. The summed E-state index contributed by atoms with van der Waals surface area (Å²) in [6.07, 6.45) is 0.784. The number of aryl methyl sites for hydroxylation is 2. The molecule has 0 spiro atoms. The van der Waals surface area contributed by atoms with Crippen molar-refractivity contribution in [2.75, 3.05) is 20.2 Å². The number of hydrogen-bond acceptors (Lipinski definition) is 6. The number of nitrogens with zero attached hydrogens (tertiary/aromatic N) is 1. The number of sulfonamides is 1. The second-order valence-corrected chi connectivity index (χ2v) is 9.30. The Morgan fingerprint density at radius 3 is 2.17 bits per heavy atom. The van der Waals surface area contributed by atoms with Crippen LogP contribution in [-0.2, 0) is 19.6 Å². The van der Waals surface area contributed by atoms with Crippen molar-refractivity contribution in [1.82, 2.24) is 4.31 Å². The molecule has 2 aromatic carbocycles. The molecule has 0 saturated carbocycles. The third-order valence-corrected chi connectivity index (χ3v) is 7.29. The first kappa shape index (κ1) is 22.0. The fourth-order valence-corrected chi connectivity index (χ4v) is 4.89. The molecular weight excluding hydrogens is 406 g/mol. The predicted molar refractivity (Wildman–Crippen MR) is 111 cm³/mol. The van der Waals surface area contributed by atoms with Crippen molar-refractivity contribution in [2.45, 2.75) is 31.6 Å². The van der Waals surface area contributed by atoms with Crippen LogP contribution < -0.4 is 4.74 Å². The summed E-state index contributed by atoms with van der Waals surface area (Å²) in [4.78, 5) is 24.2. The van der Waals surface area contributed by atoms with Gasteiger partial charge in [0.15, 0.2) is 0 Å². The highest BCUT2D eigenvalue weighted by Crippen LogP contribution is 2.26. The van der Waals surface area contributed by atoms with Gasteiger partial charge in [0.2, 0.25) is 10.0 Å². The maximum Gasteiger partial charge on any atom is 0.337 e. The molecule has 1 saturated heterocycles. The molecular formula is C22H25NO6S. The van der Waals surface area contributed by atoms with Crippen LogP contribution in [0.3, 0.4) is 0 Å². The van der Waals surface area contributed by atoms with Crippen molar-refractivity contribution in [2.24, 2.45) is 5.92 Å². The summed E-state index contributed by atoms with van der Waals surface area (Å²) in [6.45, 7) is 4.34. The molecule has 30 heavy (non-hydrogen) atoms. The van der Waals surface area contributed by atoms with E-state index in [1.807, 2.05) is 13.8 Å². The fraction of sp³-hybridized carbons (Fsp3) is 0.364. The molecule has 1 aliphatic heterocycles. The molecule has 0 N–H and O–H groups in total. The second-order valence-electron chi connectivity index (χ2n) is 7.36. The fourth-order valence-electron chi connectivity index (χ4n) is 3.33. The average Bonchev–Trinajstić information content (AvgIpc) is 2.75. The van der Waals surface area contributed by atoms with Crippen molar-refractivity contribution >= 4 is 22.0 Å². The molecule has 3 rings (SSSR count). The normalized spacial score (nSPS) is 15.6. The summed E-state index contributed by atoms with van der Waals surface area (Å²) in [5, 5.41) is 0. The van der Waals surface area contributed by atoms with Crippen LogP contribution in [0.15, 0.2) is 47.4 Å². The van der Waals surface area contributed by atoms with E-state index in [0.717, 1.165) is 11.1 Å². The van der Waals surface area contributed by atoms with Gasteiger partial charge in [0.1, 0.15) is 5.75 Å². The first-order chi connectivity index (χ1) is 14.2. The third kappa shape index (κ3) is 4.71. The molecule has 0 unspecified atom stereocenters. The Bertz CT molecular complexity index is 1040. The highest BCUT2D eigenvalue weighted by Gasteiger charge is 2.33. The quantitative estimate of drug-likeness (QED) is 0.534. The molecule has 0 atom stereocenters. The van der Waals surface area contributed by atoms with Gasteiger partial charge in [-0.2, -0.15) is 4.31 Å². The molecule has 7 nitrogen and oxygen atoms in total. The third-order valence-electron chi connectivity index (χ3n) is 5.40. The molecule has 0 bridgehead atoms. The van der Waals surface area contributed by atoms with Gasteiger partial charge in [-0.3, -0.25) is 4.79 Å². The SMILES string of the molecule is COC(=O)c1ccc(OC(=O)C2CCN(S(=O)(=O)c3ccc(C)c(C)c3)CC2)cc1. The Labute approximate surface area is 176 Å². The van der Waals surface area contributed by atoms with E-state index in [4.69, 9.17) is 4.74 Å². The summed E-state index contributed by atoms with van der Waals surface area (Å²) in [6, 6.07) is 11.2. The molecule has 2 aromatic rings. The number of rotatable bonds is 5. The van der Waals surface area contributed by atoms with E-state index < -0.39 is 22.0 Å². The molecule has 0 amide bonds. The summed E-state index contributed by atoms with van der Waals surface area (Å²) in [5.74, 6) is -0.913. The minimum atomic E-state index is -3.59. The molecule has 0 aliphatic carbocycles. The van der Waals surface area contributed by atoms with Crippen molar-refractivity contribution in [3.63, 3.8) is 0 Å². The zero-order valence-corrected chi connectivity index (χ0v) is 18.1. The highest BCUT2D eigenvalue weighted by molar-refractivity contribution is 7.89. The monoisotopic (exact) mass is 431 g/mol. The molecule has 160 valence electrons. The van der Waals surface area contributed by atoms with Gasteiger partial charge in [0.25, 0.3) is 0 Å². The number of hydrogen-bond donors (Lipinski definition) is 0. The van der Waals surface area contributed by atoms with Crippen molar-refractivity contribution in [3.8, 4) is 5.75 Å². The largest absolute Gasteiger partial charge is 0.465 e. The van der Waals surface area contributed by atoms with Gasteiger partial charge < -0.3 is 9.47 Å². The highest BCUT2D eigenvalue weighted by atomic mass is 32.2. The van der Waals surface area contributed by atoms with Gasteiger partial charge in [0.05, 0.1) is 23.5 Å². The van der Waals surface area contributed by atoms with E-state index in [0.29, 0.717) is 24.2 Å². The predicted octanol–water partition coefficient (Wildman–Crippen LogP) is 3.10. The van der Waals surface area contributed by atoms with Crippen LogP contribution in [0.25, 0.3) is 0 Å². The maximum absolute atomic E-state index is 12.9. The van der Waals surface area contributed by atoms with Crippen LogP contribution >= 0.6 is 0 Å². The molecule has 0 aromatic heterocycles. The van der Waals surface area contributed by atoms with E-state index in [9.17, 15) is 18.0 Å². The summed E-state index contributed by atoms with van der Waals surface area (Å²) in [7, 11) is -2.29. The second kappa shape index (κ2) is 8.97. The maximum atomic E-state index is 12.9. The molecule has 0 radical (unpaired) electrons. The lowest BCUT2D eigenvalue weighted by molar-refractivity contribution is -0.140. The number of ether oxygens (including phenoxy) is 2. The molecule has 1 fully saturated rings. The number of methoxy groups -OCH3 is 1. The number of benzene rings is 2. The first-order valence-electron chi connectivity index (χ1n) is 9.70. The van der Waals surface area contributed by atoms with Crippen LogP contribution in [0.5, 0.6) is 5.75 Å². The zero-order valence-electron chi connectivity index (χ0n) is 17.3. The summed E-state index contributed by atoms with van der Waals surface area (Å²) < 4.78 is 37.3. The van der Waals surface area contributed by atoms with Gasteiger partial charge >= 0.3 is 11.9 Å². The van der Waals surface area contributed by atoms with Crippen molar-refractivity contribution < 1.29 is 27.5 Å². The standard InChI is InChI=1S/C22H25NO6S/c1-15-4-9-20(14-16(15)2)30(26,27)23-12-10-18(11-13-23)22(25)29-19-7-5-17(6-8-19)21(24)28-3/h4-9,14,18H,10-13H2,1-3H3. The van der Waals surface area contributed by atoms with Crippen LogP contribution in [0.2, 0.25) is 0 Å². The van der Waals surface area contributed by atoms with E-state index in [-0.39, 0.29) is 23.9 Å². The number of piperidine rings is 1. The Balaban J connectivity index is 1.60. The Hall–Kier alpha value is -2.71. The van der Waals surface area contributed by atoms with Crippen LogP contribution in [0.1, 0.15) is 34.3 Å². The van der Waals surface area contributed by atoms with Crippen molar-refractivity contribution in [3.05, 3.63) is 59.2 Å². The number of carbonyl (C=O) groups excluding carboxylic acids is 2. The van der Waals surface area contributed by atoms with Crippen LogP contribution in [0, 0.1) is 19.8 Å². The summed E-state index contributed by atoms with van der Waals surface area (Å²) >= 11 is 0. The smallest absolute Gasteiger partial charge is 0.337 e. The number of carbonyl (C=O) groups is 2. The van der Waals surface area contributed by atoms with Crippen LogP contribution in [-0.4, -0.2) is 44.9 Å². The molecule has 1 aliphatic rings. The van der Waals surface area contributed by atoms with E-state index in [1.54, 1.807) is 18.2 Å².